The van der Waals surface area contributed by atoms with Crippen LogP contribution in [0, 0.1) is 0 Å². The Morgan fingerprint density at radius 3 is 2.38 bits per heavy atom. The lowest BCUT2D eigenvalue weighted by atomic mass is 9.94. The monoisotopic (exact) mass is 226 g/mol. The molecule has 0 aliphatic heterocycles. The molecule has 2 aliphatic carbocycles. The number of hydrogen-bond acceptors (Lipinski definition) is 3. The minimum Gasteiger partial charge on any atom is -0.395 e. The van der Waals surface area contributed by atoms with Crippen molar-refractivity contribution in [1.82, 2.24) is 10.2 Å². The van der Waals surface area contributed by atoms with Crippen molar-refractivity contribution in [3.05, 3.63) is 0 Å². The first-order valence-corrected chi connectivity index (χ1v) is 6.98. The Kier molecular flexibility index (Phi) is 5.07. The highest BCUT2D eigenvalue weighted by Crippen LogP contribution is 2.22. The molecule has 0 bridgehead atoms. The molecule has 0 atom stereocenters. The second-order valence-corrected chi connectivity index (χ2v) is 5.28. The Labute approximate surface area is 99.2 Å². The van der Waals surface area contributed by atoms with E-state index < -0.39 is 0 Å². The molecule has 2 fully saturated rings. The van der Waals surface area contributed by atoms with Gasteiger partial charge in [0.15, 0.2) is 0 Å². The third-order valence-corrected chi connectivity index (χ3v) is 3.89. The number of rotatable bonds is 7. The highest BCUT2D eigenvalue weighted by atomic mass is 16.3. The molecular weight excluding hydrogens is 200 g/mol. The van der Waals surface area contributed by atoms with Gasteiger partial charge in [-0.3, -0.25) is 4.90 Å². The van der Waals surface area contributed by atoms with Crippen LogP contribution in [0.2, 0.25) is 0 Å². The summed E-state index contributed by atoms with van der Waals surface area (Å²) in [7, 11) is 0. The third kappa shape index (κ3) is 4.04. The SMILES string of the molecule is OCCN(CCNC1CC1)C1CCCCC1. The topological polar surface area (TPSA) is 35.5 Å². The number of aliphatic hydroxyl groups is 1. The summed E-state index contributed by atoms with van der Waals surface area (Å²) in [5.41, 5.74) is 0. The third-order valence-electron chi connectivity index (χ3n) is 3.89. The molecule has 16 heavy (non-hydrogen) atoms. The number of hydrogen-bond donors (Lipinski definition) is 2. The van der Waals surface area contributed by atoms with Crippen LogP contribution in [0.15, 0.2) is 0 Å². The first kappa shape index (κ1) is 12.3. The van der Waals surface area contributed by atoms with Gasteiger partial charge in [-0.2, -0.15) is 0 Å². The van der Waals surface area contributed by atoms with E-state index >= 15 is 0 Å². The summed E-state index contributed by atoms with van der Waals surface area (Å²) < 4.78 is 0. The van der Waals surface area contributed by atoms with Gasteiger partial charge in [-0.25, -0.2) is 0 Å². The molecule has 2 N–H and O–H groups in total. The van der Waals surface area contributed by atoms with Gasteiger partial charge < -0.3 is 10.4 Å². The van der Waals surface area contributed by atoms with Crippen LogP contribution in [-0.4, -0.2) is 48.3 Å². The van der Waals surface area contributed by atoms with Crippen LogP contribution in [0.5, 0.6) is 0 Å². The van der Waals surface area contributed by atoms with E-state index in [1.54, 1.807) is 0 Å². The van der Waals surface area contributed by atoms with Crippen LogP contribution in [0.1, 0.15) is 44.9 Å². The fourth-order valence-corrected chi connectivity index (χ4v) is 2.75. The Hall–Kier alpha value is -0.120. The van der Waals surface area contributed by atoms with Crippen LogP contribution >= 0.6 is 0 Å². The lowest BCUT2D eigenvalue weighted by molar-refractivity contribution is 0.124. The Morgan fingerprint density at radius 2 is 1.75 bits per heavy atom. The van der Waals surface area contributed by atoms with Crippen molar-refractivity contribution in [1.29, 1.82) is 0 Å². The first-order valence-electron chi connectivity index (χ1n) is 6.98. The van der Waals surface area contributed by atoms with E-state index in [4.69, 9.17) is 5.11 Å². The summed E-state index contributed by atoms with van der Waals surface area (Å²) in [5.74, 6) is 0. The molecule has 0 spiro atoms. The van der Waals surface area contributed by atoms with E-state index in [1.165, 1.54) is 44.9 Å². The summed E-state index contributed by atoms with van der Waals surface area (Å²) in [6, 6.07) is 1.55. The largest absolute Gasteiger partial charge is 0.395 e. The van der Waals surface area contributed by atoms with Crippen LogP contribution in [0.4, 0.5) is 0 Å². The van der Waals surface area contributed by atoms with E-state index in [0.717, 1.165) is 31.7 Å². The Bertz CT molecular complexity index is 188. The minimum absolute atomic E-state index is 0.305. The van der Waals surface area contributed by atoms with Gasteiger partial charge >= 0.3 is 0 Å². The summed E-state index contributed by atoms with van der Waals surface area (Å²) in [4.78, 5) is 2.49. The van der Waals surface area contributed by atoms with Crippen molar-refractivity contribution < 1.29 is 5.11 Å². The second kappa shape index (κ2) is 6.58. The van der Waals surface area contributed by atoms with Crippen molar-refractivity contribution in [2.75, 3.05) is 26.2 Å². The van der Waals surface area contributed by atoms with Gasteiger partial charge in [0.1, 0.15) is 0 Å². The maximum atomic E-state index is 9.13. The zero-order chi connectivity index (χ0) is 11.2. The molecule has 3 nitrogen and oxygen atoms in total. The van der Waals surface area contributed by atoms with E-state index in [-0.39, 0.29) is 0 Å². The Balaban J connectivity index is 1.68. The van der Waals surface area contributed by atoms with Gasteiger partial charge in [-0.1, -0.05) is 19.3 Å². The number of nitrogens with one attached hydrogen (secondary N) is 1. The predicted octanol–water partition coefficient (Wildman–Crippen LogP) is 1.37. The van der Waals surface area contributed by atoms with Crippen LogP contribution in [0.3, 0.4) is 0 Å². The van der Waals surface area contributed by atoms with Gasteiger partial charge in [0.2, 0.25) is 0 Å². The molecular formula is C13H26N2O. The molecule has 0 radical (unpaired) electrons. The van der Waals surface area contributed by atoms with E-state index in [1.807, 2.05) is 0 Å². The molecule has 0 unspecified atom stereocenters. The average molecular weight is 226 g/mol. The molecule has 0 aromatic heterocycles. The minimum atomic E-state index is 0.305. The molecule has 2 saturated carbocycles. The van der Waals surface area contributed by atoms with Crippen molar-refractivity contribution >= 4 is 0 Å². The standard InChI is InChI=1S/C13H26N2O/c16-11-10-15(9-8-14-12-6-7-12)13-4-2-1-3-5-13/h12-14,16H,1-11H2. The van der Waals surface area contributed by atoms with Crippen molar-refractivity contribution in [3.63, 3.8) is 0 Å². The second-order valence-electron chi connectivity index (χ2n) is 5.28. The molecule has 94 valence electrons. The summed E-state index contributed by atoms with van der Waals surface area (Å²) in [6.07, 6.45) is 9.56. The molecule has 3 heteroatoms. The summed E-state index contributed by atoms with van der Waals surface area (Å²) in [6.45, 7) is 3.37. The zero-order valence-electron chi connectivity index (χ0n) is 10.3. The number of nitrogens with zero attached hydrogens (tertiary/aromatic N) is 1. The summed E-state index contributed by atoms with van der Waals surface area (Å²) >= 11 is 0. The van der Waals surface area contributed by atoms with Crippen molar-refractivity contribution in [2.24, 2.45) is 0 Å². The normalized spacial score (nSPS) is 22.9. The maximum Gasteiger partial charge on any atom is 0.0558 e. The molecule has 0 aromatic carbocycles. The lowest BCUT2D eigenvalue weighted by Crippen LogP contribution is -2.42. The molecule has 2 rings (SSSR count). The first-order chi connectivity index (χ1) is 7.90. The van der Waals surface area contributed by atoms with Crippen LogP contribution in [0.25, 0.3) is 0 Å². The Morgan fingerprint density at radius 1 is 1.00 bits per heavy atom. The van der Waals surface area contributed by atoms with Crippen molar-refractivity contribution in [2.45, 2.75) is 57.0 Å². The fourth-order valence-electron chi connectivity index (χ4n) is 2.75. The molecule has 0 saturated heterocycles. The van der Waals surface area contributed by atoms with Gasteiger partial charge in [-0.05, 0) is 25.7 Å². The molecule has 2 aliphatic rings. The number of aliphatic hydroxyl groups excluding tert-OH is 1. The van der Waals surface area contributed by atoms with Crippen molar-refractivity contribution in [3.8, 4) is 0 Å². The van der Waals surface area contributed by atoms with Crippen LogP contribution < -0.4 is 5.32 Å². The highest BCUT2D eigenvalue weighted by Gasteiger charge is 2.23. The zero-order valence-corrected chi connectivity index (χ0v) is 10.3. The quantitative estimate of drug-likeness (QED) is 0.688. The van der Waals surface area contributed by atoms with Crippen LogP contribution in [-0.2, 0) is 0 Å². The van der Waals surface area contributed by atoms with E-state index in [2.05, 4.69) is 10.2 Å². The van der Waals surface area contributed by atoms with Gasteiger partial charge in [0.25, 0.3) is 0 Å². The average Bonchev–Trinajstić information content (AvgIpc) is 3.13. The molecule has 0 heterocycles. The molecule has 0 aromatic rings. The maximum absolute atomic E-state index is 9.13. The fraction of sp³-hybridized carbons (Fsp3) is 1.00. The van der Waals surface area contributed by atoms with Gasteiger partial charge in [0.05, 0.1) is 6.61 Å². The van der Waals surface area contributed by atoms with Gasteiger partial charge in [-0.15, -0.1) is 0 Å². The summed E-state index contributed by atoms with van der Waals surface area (Å²) in [5, 5.41) is 12.7. The predicted molar refractivity (Wildman–Crippen MR) is 66.6 cm³/mol. The lowest BCUT2D eigenvalue weighted by Gasteiger charge is -2.34. The van der Waals surface area contributed by atoms with E-state index in [0.29, 0.717) is 6.61 Å². The molecule has 0 amide bonds. The van der Waals surface area contributed by atoms with E-state index in [9.17, 15) is 0 Å². The highest BCUT2D eigenvalue weighted by molar-refractivity contribution is 4.82. The smallest absolute Gasteiger partial charge is 0.0558 e. The van der Waals surface area contributed by atoms with Gasteiger partial charge in [0, 0.05) is 31.7 Å².